The van der Waals surface area contributed by atoms with Gasteiger partial charge < -0.3 is 19.4 Å². The fourth-order valence-corrected chi connectivity index (χ4v) is 4.36. The number of rotatable bonds is 4. The number of ether oxygens (including phenoxy) is 2. The van der Waals surface area contributed by atoms with Gasteiger partial charge in [0, 0.05) is 29.4 Å². The van der Waals surface area contributed by atoms with Crippen molar-refractivity contribution >= 4 is 28.7 Å². The van der Waals surface area contributed by atoms with Crippen LogP contribution in [0.1, 0.15) is 46.6 Å². The van der Waals surface area contributed by atoms with Crippen LogP contribution in [0.4, 0.5) is 0 Å². The number of carbonyl (C=O) groups is 3. The molecule has 1 N–H and O–H groups in total. The van der Waals surface area contributed by atoms with E-state index in [9.17, 15) is 14.4 Å². The summed E-state index contributed by atoms with van der Waals surface area (Å²) in [5.74, 6) is -1.04. The van der Waals surface area contributed by atoms with Crippen molar-refractivity contribution in [3.63, 3.8) is 0 Å². The topological polar surface area (TPSA) is 88.7 Å². The minimum absolute atomic E-state index is 0.151. The number of methoxy groups -OCH3 is 2. The highest BCUT2D eigenvalue weighted by Crippen LogP contribution is 2.41. The molecule has 7 heteroatoms. The van der Waals surface area contributed by atoms with Crippen molar-refractivity contribution in [2.45, 2.75) is 31.8 Å². The number of fused-ring (bicyclic) bond motifs is 3. The molecule has 2 atom stereocenters. The first-order valence-corrected chi connectivity index (χ1v) is 10.2. The molecule has 0 unspecified atom stereocenters. The number of amides is 1. The lowest BCUT2D eigenvalue weighted by Gasteiger charge is -2.41. The molecule has 0 saturated heterocycles. The summed E-state index contributed by atoms with van der Waals surface area (Å²) in [6.07, 6.45) is 0.619. The van der Waals surface area contributed by atoms with Crippen LogP contribution in [-0.4, -0.2) is 48.0 Å². The van der Waals surface area contributed by atoms with Gasteiger partial charge in [-0.1, -0.05) is 37.3 Å². The van der Waals surface area contributed by atoms with Crippen molar-refractivity contribution in [1.82, 2.24) is 9.88 Å². The highest BCUT2D eigenvalue weighted by atomic mass is 16.5. The predicted octanol–water partition coefficient (Wildman–Crippen LogP) is 3.38. The Hall–Kier alpha value is -3.61. The van der Waals surface area contributed by atoms with Gasteiger partial charge in [0.05, 0.1) is 25.8 Å². The first kappa shape index (κ1) is 20.7. The second-order valence-corrected chi connectivity index (χ2v) is 7.48. The van der Waals surface area contributed by atoms with Crippen LogP contribution in [0.2, 0.25) is 0 Å². The number of benzene rings is 2. The second-order valence-electron chi connectivity index (χ2n) is 7.48. The number of aromatic nitrogens is 1. The van der Waals surface area contributed by atoms with Crippen LogP contribution in [0.15, 0.2) is 48.5 Å². The Balaban J connectivity index is 1.92. The number of nitrogens with one attached hydrogen (secondary N) is 1. The quantitative estimate of drug-likeness (QED) is 0.654. The maximum Gasteiger partial charge on any atom is 0.337 e. The molecule has 0 aliphatic carbocycles. The zero-order valence-electron chi connectivity index (χ0n) is 17.7. The SMILES string of the molecule is CCC(=O)N1[C@@H](c2ccc(C(=O)OC)cc2)c2[nH]c3ccccc3c2C[C@H]1C(=O)OC. The fourth-order valence-electron chi connectivity index (χ4n) is 4.36. The molecule has 1 aliphatic rings. The van der Waals surface area contributed by atoms with Gasteiger partial charge in [-0.2, -0.15) is 0 Å². The third-order valence-electron chi connectivity index (χ3n) is 5.84. The van der Waals surface area contributed by atoms with Gasteiger partial charge >= 0.3 is 11.9 Å². The zero-order chi connectivity index (χ0) is 22.1. The van der Waals surface area contributed by atoms with E-state index in [0.717, 1.165) is 27.7 Å². The van der Waals surface area contributed by atoms with E-state index >= 15 is 0 Å². The maximum atomic E-state index is 13.1. The van der Waals surface area contributed by atoms with Crippen LogP contribution in [-0.2, 0) is 25.5 Å². The Kier molecular flexibility index (Phi) is 5.50. The molecule has 0 saturated carbocycles. The van der Waals surface area contributed by atoms with Crippen molar-refractivity contribution in [3.05, 3.63) is 70.9 Å². The summed E-state index contributed by atoms with van der Waals surface area (Å²) in [6.45, 7) is 1.77. The minimum Gasteiger partial charge on any atom is -0.467 e. The molecule has 0 spiro atoms. The first-order chi connectivity index (χ1) is 15.0. The molecule has 160 valence electrons. The monoisotopic (exact) mass is 420 g/mol. The molecule has 31 heavy (non-hydrogen) atoms. The number of hydrogen-bond donors (Lipinski definition) is 1. The van der Waals surface area contributed by atoms with Gasteiger partial charge in [0.1, 0.15) is 6.04 Å². The third-order valence-corrected chi connectivity index (χ3v) is 5.84. The summed E-state index contributed by atoms with van der Waals surface area (Å²) < 4.78 is 9.85. The minimum atomic E-state index is -0.741. The van der Waals surface area contributed by atoms with Crippen LogP contribution >= 0.6 is 0 Å². The molecule has 0 fully saturated rings. The molecule has 0 bridgehead atoms. The van der Waals surface area contributed by atoms with Crippen LogP contribution < -0.4 is 0 Å². The van der Waals surface area contributed by atoms with Crippen LogP contribution in [0.25, 0.3) is 10.9 Å². The van der Waals surface area contributed by atoms with Crippen molar-refractivity contribution < 1.29 is 23.9 Å². The average molecular weight is 420 g/mol. The molecule has 2 aromatic carbocycles. The summed E-state index contributed by atoms with van der Waals surface area (Å²) in [4.78, 5) is 42.7. The van der Waals surface area contributed by atoms with Gasteiger partial charge in [0.2, 0.25) is 5.91 Å². The Morgan fingerprint density at radius 1 is 1.03 bits per heavy atom. The van der Waals surface area contributed by atoms with Gasteiger partial charge in [-0.15, -0.1) is 0 Å². The van der Waals surface area contributed by atoms with Gasteiger partial charge in [-0.25, -0.2) is 9.59 Å². The highest BCUT2D eigenvalue weighted by molar-refractivity contribution is 5.91. The van der Waals surface area contributed by atoms with Crippen LogP contribution in [0.5, 0.6) is 0 Å². The molecule has 7 nitrogen and oxygen atoms in total. The maximum absolute atomic E-state index is 13.1. The number of para-hydroxylation sites is 1. The molecule has 3 aromatic rings. The smallest absolute Gasteiger partial charge is 0.337 e. The van der Waals surface area contributed by atoms with E-state index in [1.54, 1.807) is 36.1 Å². The van der Waals surface area contributed by atoms with E-state index in [2.05, 4.69) is 4.98 Å². The van der Waals surface area contributed by atoms with E-state index in [-0.39, 0.29) is 12.3 Å². The van der Waals surface area contributed by atoms with Gasteiger partial charge in [0.25, 0.3) is 0 Å². The molecule has 4 rings (SSSR count). The molecule has 1 amide bonds. The summed E-state index contributed by atoms with van der Waals surface area (Å²) in [5, 5.41) is 1.02. The molecule has 2 heterocycles. The molecule has 1 aromatic heterocycles. The number of H-pyrrole nitrogens is 1. The van der Waals surface area contributed by atoms with Crippen molar-refractivity contribution in [2.24, 2.45) is 0 Å². The lowest BCUT2D eigenvalue weighted by molar-refractivity contribution is -0.155. The lowest BCUT2D eigenvalue weighted by atomic mass is 9.87. The molecular weight excluding hydrogens is 396 g/mol. The number of carbonyl (C=O) groups excluding carboxylic acids is 3. The fraction of sp³-hybridized carbons (Fsp3) is 0.292. The standard InChI is InChI=1S/C24H24N2O5/c1-4-20(27)26-19(24(29)31-3)13-17-16-7-5-6-8-18(16)25-21(17)22(26)14-9-11-15(12-10-14)23(28)30-2/h5-12,19,22,25H,4,13H2,1-3H3/t19-,22-/m0/s1. The number of aromatic amines is 1. The number of esters is 2. The van der Waals surface area contributed by atoms with E-state index < -0.39 is 24.0 Å². The Morgan fingerprint density at radius 3 is 2.39 bits per heavy atom. The van der Waals surface area contributed by atoms with Gasteiger partial charge in [-0.05, 0) is 29.3 Å². The predicted molar refractivity (Wildman–Crippen MR) is 115 cm³/mol. The van der Waals surface area contributed by atoms with Crippen LogP contribution in [0.3, 0.4) is 0 Å². The average Bonchev–Trinajstić information content (AvgIpc) is 3.19. The van der Waals surface area contributed by atoms with E-state index in [4.69, 9.17) is 9.47 Å². The number of nitrogens with zero attached hydrogens (tertiary/aromatic N) is 1. The first-order valence-electron chi connectivity index (χ1n) is 10.2. The Bertz CT molecular complexity index is 1150. The highest BCUT2D eigenvalue weighted by Gasteiger charge is 2.43. The van der Waals surface area contributed by atoms with Crippen LogP contribution in [0, 0.1) is 0 Å². The molecule has 1 aliphatic heterocycles. The Morgan fingerprint density at radius 2 is 1.74 bits per heavy atom. The largest absolute Gasteiger partial charge is 0.467 e. The lowest BCUT2D eigenvalue weighted by Crippen LogP contribution is -2.51. The normalized spacial score (nSPS) is 17.8. The number of hydrogen-bond acceptors (Lipinski definition) is 5. The molecular formula is C24H24N2O5. The second kappa shape index (κ2) is 8.26. The van der Waals surface area contributed by atoms with Crippen molar-refractivity contribution in [3.8, 4) is 0 Å². The summed E-state index contributed by atoms with van der Waals surface area (Å²) in [7, 11) is 2.67. The summed E-state index contributed by atoms with van der Waals surface area (Å²) >= 11 is 0. The Labute approximate surface area is 179 Å². The van der Waals surface area contributed by atoms with Gasteiger partial charge in [-0.3, -0.25) is 4.79 Å². The van der Waals surface area contributed by atoms with E-state index in [0.29, 0.717) is 12.0 Å². The third kappa shape index (κ3) is 3.46. The van der Waals surface area contributed by atoms with E-state index in [1.807, 2.05) is 24.3 Å². The summed E-state index contributed by atoms with van der Waals surface area (Å²) in [5.41, 5.74) is 4.01. The summed E-state index contributed by atoms with van der Waals surface area (Å²) in [6, 6.07) is 13.5. The molecule has 0 radical (unpaired) electrons. The van der Waals surface area contributed by atoms with Gasteiger partial charge in [0.15, 0.2) is 0 Å². The van der Waals surface area contributed by atoms with Crippen molar-refractivity contribution in [1.29, 1.82) is 0 Å². The zero-order valence-corrected chi connectivity index (χ0v) is 17.7. The van der Waals surface area contributed by atoms with E-state index in [1.165, 1.54) is 14.2 Å². The van der Waals surface area contributed by atoms with Crippen molar-refractivity contribution in [2.75, 3.05) is 14.2 Å².